The van der Waals surface area contributed by atoms with Crippen LogP contribution in [0.4, 0.5) is 5.69 Å². The van der Waals surface area contributed by atoms with Crippen molar-refractivity contribution < 1.29 is 9.53 Å². The zero-order chi connectivity index (χ0) is 17.0. The molecule has 0 aromatic heterocycles. The smallest absolute Gasteiger partial charge is 0.248 e. The predicted octanol–water partition coefficient (Wildman–Crippen LogP) is 5.62. The second-order valence-electron chi connectivity index (χ2n) is 4.76. The van der Waals surface area contributed by atoms with Gasteiger partial charge in [-0.15, -0.1) is 0 Å². The molecule has 2 aromatic carbocycles. The normalized spacial score (nSPS) is 10.8. The maximum atomic E-state index is 12.1. The summed E-state index contributed by atoms with van der Waals surface area (Å²) in [7, 11) is 1.51. The van der Waals surface area contributed by atoms with Gasteiger partial charge in [0.1, 0.15) is 5.75 Å². The topological polar surface area (TPSA) is 38.3 Å². The summed E-state index contributed by atoms with van der Waals surface area (Å²) < 4.78 is 5.22. The second-order valence-corrected chi connectivity index (χ2v) is 5.98. The number of anilines is 1. The number of amides is 1. The lowest BCUT2D eigenvalue weighted by molar-refractivity contribution is -0.111. The molecule has 2 rings (SSSR count). The van der Waals surface area contributed by atoms with Gasteiger partial charge in [-0.2, -0.15) is 0 Å². The van der Waals surface area contributed by atoms with Crippen molar-refractivity contribution in [2.24, 2.45) is 0 Å². The molecule has 23 heavy (non-hydrogen) atoms. The lowest BCUT2D eigenvalue weighted by Gasteiger charge is -2.11. The van der Waals surface area contributed by atoms with Crippen LogP contribution in [0.1, 0.15) is 11.1 Å². The van der Waals surface area contributed by atoms with Crippen molar-refractivity contribution in [1.82, 2.24) is 0 Å². The van der Waals surface area contributed by atoms with Gasteiger partial charge in [-0.1, -0.05) is 40.9 Å². The van der Waals surface area contributed by atoms with Gasteiger partial charge in [0.2, 0.25) is 5.91 Å². The van der Waals surface area contributed by atoms with Crippen molar-refractivity contribution >= 4 is 52.5 Å². The number of hydrogen-bond acceptors (Lipinski definition) is 2. The fraction of sp³-hybridized carbons (Fsp3) is 0.118. The predicted molar refractivity (Wildman–Crippen MR) is 96.9 cm³/mol. The van der Waals surface area contributed by atoms with E-state index in [9.17, 15) is 4.79 Å². The summed E-state index contributed by atoms with van der Waals surface area (Å²) in [5.41, 5.74) is 1.96. The largest absolute Gasteiger partial charge is 0.495 e. The van der Waals surface area contributed by atoms with Crippen LogP contribution < -0.4 is 10.1 Å². The molecule has 0 aliphatic carbocycles. The van der Waals surface area contributed by atoms with Crippen molar-refractivity contribution in [2.45, 2.75) is 6.92 Å². The van der Waals surface area contributed by atoms with Gasteiger partial charge < -0.3 is 10.1 Å². The fourth-order valence-corrected chi connectivity index (χ4v) is 2.61. The van der Waals surface area contributed by atoms with Crippen LogP contribution in [-0.2, 0) is 4.79 Å². The molecule has 0 aliphatic rings. The van der Waals surface area contributed by atoms with Gasteiger partial charge in [0.05, 0.1) is 12.8 Å². The second kappa shape index (κ2) is 7.73. The molecule has 0 spiro atoms. The van der Waals surface area contributed by atoms with E-state index in [0.29, 0.717) is 32.1 Å². The minimum atomic E-state index is -0.332. The van der Waals surface area contributed by atoms with Crippen molar-refractivity contribution in [3.8, 4) is 5.75 Å². The number of ether oxygens (including phenoxy) is 1. The standard InChI is InChI=1S/C17H14Cl3NO2/c1-10-8-15(16(23-2)9-14(10)20)21-17(22)7-6-11-12(18)4-3-5-13(11)19/h3-9H,1-2H3,(H,21,22). The number of rotatable bonds is 4. The molecule has 0 aliphatic heterocycles. The number of benzene rings is 2. The van der Waals surface area contributed by atoms with Crippen LogP contribution in [0.5, 0.6) is 5.75 Å². The zero-order valence-corrected chi connectivity index (χ0v) is 14.8. The maximum Gasteiger partial charge on any atom is 0.248 e. The Morgan fingerprint density at radius 1 is 1.13 bits per heavy atom. The summed E-state index contributed by atoms with van der Waals surface area (Å²) in [5.74, 6) is 0.152. The third kappa shape index (κ3) is 4.41. The first-order valence-electron chi connectivity index (χ1n) is 6.69. The molecular formula is C17H14Cl3NO2. The first kappa shape index (κ1) is 17.7. The van der Waals surface area contributed by atoms with Crippen LogP contribution in [0, 0.1) is 6.92 Å². The summed E-state index contributed by atoms with van der Waals surface area (Å²) in [5, 5.41) is 4.26. The Labute approximate surface area is 149 Å². The molecule has 120 valence electrons. The van der Waals surface area contributed by atoms with E-state index >= 15 is 0 Å². The minimum absolute atomic E-state index is 0.332. The lowest BCUT2D eigenvalue weighted by Crippen LogP contribution is -2.09. The number of methoxy groups -OCH3 is 1. The molecule has 2 aromatic rings. The average Bonchev–Trinajstić information content (AvgIpc) is 2.50. The van der Waals surface area contributed by atoms with Crippen LogP contribution in [0.25, 0.3) is 6.08 Å². The van der Waals surface area contributed by atoms with E-state index in [4.69, 9.17) is 39.5 Å². The molecule has 0 saturated heterocycles. The van der Waals surface area contributed by atoms with Crippen LogP contribution >= 0.6 is 34.8 Å². The van der Waals surface area contributed by atoms with E-state index in [0.717, 1.165) is 5.56 Å². The summed E-state index contributed by atoms with van der Waals surface area (Å²) in [6.45, 7) is 1.84. The monoisotopic (exact) mass is 369 g/mol. The van der Waals surface area contributed by atoms with Crippen molar-refractivity contribution in [3.05, 3.63) is 62.6 Å². The Morgan fingerprint density at radius 2 is 1.78 bits per heavy atom. The minimum Gasteiger partial charge on any atom is -0.495 e. The lowest BCUT2D eigenvalue weighted by atomic mass is 10.2. The number of hydrogen-bond donors (Lipinski definition) is 1. The van der Waals surface area contributed by atoms with Crippen LogP contribution in [0.3, 0.4) is 0 Å². The van der Waals surface area contributed by atoms with Crippen LogP contribution in [0.2, 0.25) is 15.1 Å². The number of carbonyl (C=O) groups excluding carboxylic acids is 1. The third-order valence-corrected chi connectivity index (χ3v) is 4.21. The fourth-order valence-electron chi connectivity index (χ4n) is 1.93. The Kier molecular flexibility index (Phi) is 5.94. The molecule has 1 N–H and O–H groups in total. The maximum absolute atomic E-state index is 12.1. The Hall–Kier alpha value is -1.68. The van der Waals surface area contributed by atoms with Crippen molar-refractivity contribution in [1.29, 1.82) is 0 Å². The van der Waals surface area contributed by atoms with E-state index in [1.807, 2.05) is 6.92 Å². The highest BCUT2D eigenvalue weighted by Gasteiger charge is 2.09. The number of aryl methyl sites for hydroxylation is 1. The molecule has 1 amide bonds. The summed E-state index contributed by atoms with van der Waals surface area (Å²) in [6, 6.07) is 8.55. The summed E-state index contributed by atoms with van der Waals surface area (Å²) in [6.07, 6.45) is 2.92. The van der Waals surface area contributed by atoms with Gasteiger partial charge in [0, 0.05) is 32.8 Å². The van der Waals surface area contributed by atoms with Crippen molar-refractivity contribution in [3.63, 3.8) is 0 Å². The summed E-state index contributed by atoms with van der Waals surface area (Å²) in [4.78, 5) is 12.1. The van der Waals surface area contributed by atoms with E-state index in [2.05, 4.69) is 5.32 Å². The molecule has 0 saturated carbocycles. The molecule has 0 atom stereocenters. The number of carbonyl (C=O) groups is 1. The van der Waals surface area contributed by atoms with E-state index in [-0.39, 0.29) is 5.91 Å². The van der Waals surface area contributed by atoms with Gasteiger partial charge >= 0.3 is 0 Å². The highest BCUT2D eigenvalue weighted by atomic mass is 35.5. The van der Waals surface area contributed by atoms with Crippen LogP contribution in [0.15, 0.2) is 36.4 Å². The highest BCUT2D eigenvalue weighted by Crippen LogP contribution is 2.31. The molecule has 0 unspecified atom stereocenters. The average molecular weight is 371 g/mol. The first-order chi connectivity index (χ1) is 10.9. The van der Waals surface area contributed by atoms with Gasteiger partial charge in [0.15, 0.2) is 0 Å². The molecule has 3 nitrogen and oxygen atoms in total. The highest BCUT2D eigenvalue weighted by molar-refractivity contribution is 6.37. The van der Waals surface area contributed by atoms with Gasteiger partial charge in [-0.25, -0.2) is 0 Å². The molecular weight excluding hydrogens is 357 g/mol. The Morgan fingerprint density at radius 3 is 2.39 bits per heavy atom. The Balaban J connectivity index is 2.20. The van der Waals surface area contributed by atoms with Crippen molar-refractivity contribution in [2.75, 3.05) is 12.4 Å². The quantitative estimate of drug-likeness (QED) is 0.710. The van der Waals surface area contributed by atoms with Crippen LogP contribution in [-0.4, -0.2) is 13.0 Å². The Bertz CT molecular complexity index is 752. The molecule has 0 heterocycles. The van der Waals surface area contributed by atoms with E-state index in [1.54, 1.807) is 36.4 Å². The SMILES string of the molecule is COc1cc(Cl)c(C)cc1NC(=O)C=Cc1c(Cl)cccc1Cl. The molecule has 0 bridgehead atoms. The molecule has 0 radical (unpaired) electrons. The van der Waals surface area contributed by atoms with E-state index < -0.39 is 0 Å². The van der Waals surface area contributed by atoms with Gasteiger partial charge in [-0.3, -0.25) is 4.79 Å². The van der Waals surface area contributed by atoms with Gasteiger partial charge in [0.25, 0.3) is 0 Å². The van der Waals surface area contributed by atoms with E-state index in [1.165, 1.54) is 13.2 Å². The summed E-state index contributed by atoms with van der Waals surface area (Å²) >= 11 is 18.2. The number of nitrogens with one attached hydrogen (secondary N) is 1. The first-order valence-corrected chi connectivity index (χ1v) is 7.83. The van der Waals surface area contributed by atoms with Gasteiger partial charge in [-0.05, 0) is 36.8 Å². The zero-order valence-electron chi connectivity index (χ0n) is 12.5. The molecule has 6 heteroatoms. The molecule has 0 fully saturated rings. The number of halogens is 3. The third-order valence-electron chi connectivity index (χ3n) is 3.14.